The number of nitrogens with two attached hydrogens (primary N) is 1. The van der Waals surface area contributed by atoms with Crippen LogP contribution in [-0.4, -0.2) is 44.7 Å². The lowest BCUT2D eigenvalue weighted by Gasteiger charge is -2.11. The minimum atomic E-state index is -0.191. The summed E-state index contributed by atoms with van der Waals surface area (Å²) in [5.41, 5.74) is 7.41. The van der Waals surface area contributed by atoms with Crippen molar-refractivity contribution in [3.8, 4) is 0 Å². The number of halogens is 1. The highest BCUT2D eigenvalue weighted by molar-refractivity contribution is 5.77. The molecule has 0 unspecified atom stereocenters. The van der Waals surface area contributed by atoms with Gasteiger partial charge in [0.15, 0.2) is 5.96 Å². The minimum Gasteiger partial charge on any atom is -0.382 e. The Bertz CT molecular complexity index is 477. The summed E-state index contributed by atoms with van der Waals surface area (Å²) in [6, 6.07) is 5.05. The molecule has 124 valence electrons. The second-order valence-electron chi connectivity index (χ2n) is 5.34. The Labute approximate surface area is 132 Å². The number of aliphatic imine (C=N–C) groups is 1. The van der Waals surface area contributed by atoms with E-state index in [4.69, 9.17) is 10.5 Å². The molecule has 0 aliphatic carbocycles. The summed E-state index contributed by atoms with van der Waals surface area (Å²) in [5.74, 6) is 0.207. The van der Waals surface area contributed by atoms with Gasteiger partial charge >= 0.3 is 0 Å². The average molecular weight is 310 g/mol. The van der Waals surface area contributed by atoms with Crippen LogP contribution >= 0.6 is 0 Å². The van der Waals surface area contributed by atoms with Gasteiger partial charge in [0.1, 0.15) is 5.82 Å². The fraction of sp³-hybridized carbons (Fsp3) is 0.562. The van der Waals surface area contributed by atoms with Crippen molar-refractivity contribution in [2.75, 3.05) is 33.9 Å². The van der Waals surface area contributed by atoms with E-state index in [1.807, 2.05) is 32.0 Å². The second-order valence-corrected chi connectivity index (χ2v) is 5.34. The van der Waals surface area contributed by atoms with E-state index in [2.05, 4.69) is 10.3 Å². The van der Waals surface area contributed by atoms with Gasteiger partial charge < -0.3 is 20.7 Å². The molecule has 0 aliphatic heterocycles. The summed E-state index contributed by atoms with van der Waals surface area (Å²) in [4.78, 5) is 6.20. The van der Waals surface area contributed by atoms with E-state index in [-0.39, 0.29) is 5.82 Å². The molecule has 0 saturated carbocycles. The molecular formula is C16H27FN4O. The van der Waals surface area contributed by atoms with Crippen LogP contribution in [0.1, 0.15) is 24.5 Å². The number of hydrogen-bond acceptors (Lipinski definition) is 3. The van der Waals surface area contributed by atoms with Crippen LogP contribution in [0.2, 0.25) is 0 Å². The SMILES string of the molecule is CCOCCCNC(N)=NCc1ccc(F)c(CN(C)C)c1. The molecule has 0 aliphatic rings. The number of benzene rings is 1. The summed E-state index contributed by atoms with van der Waals surface area (Å²) in [6.45, 7) is 5.13. The summed E-state index contributed by atoms with van der Waals surface area (Å²) in [6.07, 6.45) is 0.883. The van der Waals surface area contributed by atoms with Gasteiger partial charge in [-0.2, -0.15) is 0 Å². The number of nitrogens with one attached hydrogen (secondary N) is 1. The Balaban J connectivity index is 2.47. The molecule has 0 bridgehead atoms. The van der Waals surface area contributed by atoms with E-state index in [9.17, 15) is 4.39 Å². The first kappa shape index (κ1) is 18.4. The first-order valence-corrected chi connectivity index (χ1v) is 7.56. The summed E-state index contributed by atoms with van der Waals surface area (Å²) < 4.78 is 18.9. The van der Waals surface area contributed by atoms with E-state index in [1.165, 1.54) is 6.07 Å². The molecule has 0 amide bonds. The van der Waals surface area contributed by atoms with Crippen molar-refractivity contribution in [2.24, 2.45) is 10.7 Å². The summed E-state index contributed by atoms with van der Waals surface area (Å²) in [7, 11) is 3.82. The van der Waals surface area contributed by atoms with Gasteiger partial charge in [-0.25, -0.2) is 9.38 Å². The highest BCUT2D eigenvalue weighted by Gasteiger charge is 2.05. The van der Waals surface area contributed by atoms with Crippen LogP contribution in [-0.2, 0) is 17.8 Å². The second kappa shape index (κ2) is 10.1. The summed E-state index contributed by atoms with van der Waals surface area (Å²) in [5, 5.41) is 3.04. The van der Waals surface area contributed by atoms with Gasteiger partial charge in [0, 0.05) is 31.9 Å². The molecule has 0 atom stereocenters. The predicted octanol–water partition coefficient (Wildman–Crippen LogP) is 1.72. The highest BCUT2D eigenvalue weighted by Crippen LogP contribution is 2.13. The molecule has 1 aromatic carbocycles. The van der Waals surface area contributed by atoms with Crippen LogP contribution in [0.4, 0.5) is 4.39 Å². The third kappa shape index (κ3) is 7.38. The zero-order valence-corrected chi connectivity index (χ0v) is 13.7. The Hall–Kier alpha value is -1.66. The van der Waals surface area contributed by atoms with Crippen LogP contribution in [0.25, 0.3) is 0 Å². The molecule has 0 aromatic heterocycles. The van der Waals surface area contributed by atoms with E-state index >= 15 is 0 Å². The van der Waals surface area contributed by atoms with E-state index in [0.29, 0.717) is 31.2 Å². The van der Waals surface area contributed by atoms with Crippen molar-refractivity contribution in [1.82, 2.24) is 10.2 Å². The van der Waals surface area contributed by atoms with Crippen LogP contribution in [0, 0.1) is 5.82 Å². The van der Waals surface area contributed by atoms with Crippen molar-refractivity contribution in [3.05, 3.63) is 35.1 Å². The monoisotopic (exact) mass is 310 g/mol. The molecule has 1 aromatic rings. The molecular weight excluding hydrogens is 283 g/mol. The quantitative estimate of drug-likeness (QED) is 0.414. The molecule has 22 heavy (non-hydrogen) atoms. The maximum Gasteiger partial charge on any atom is 0.188 e. The Morgan fingerprint density at radius 3 is 2.86 bits per heavy atom. The van der Waals surface area contributed by atoms with Crippen molar-refractivity contribution in [3.63, 3.8) is 0 Å². The molecule has 0 spiro atoms. The first-order valence-electron chi connectivity index (χ1n) is 7.56. The van der Waals surface area contributed by atoms with Crippen molar-refractivity contribution in [2.45, 2.75) is 26.4 Å². The molecule has 0 radical (unpaired) electrons. The highest BCUT2D eigenvalue weighted by atomic mass is 19.1. The van der Waals surface area contributed by atoms with Gasteiger partial charge in [0.2, 0.25) is 0 Å². The molecule has 1 rings (SSSR count). The normalized spacial score (nSPS) is 12.0. The van der Waals surface area contributed by atoms with Crippen molar-refractivity contribution >= 4 is 5.96 Å². The lowest BCUT2D eigenvalue weighted by Crippen LogP contribution is -2.32. The average Bonchev–Trinajstić information content (AvgIpc) is 2.47. The smallest absolute Gasteiger partial charge is 0.188 e. The Kier molecular flexibility index (Phi) is 8.47. The fourth-order valence-corrected chi connectivity index (χ4v) is 1.96. The number of ether oxygens (including phenoxy) is 1. The van der Waals surface area contributed by atoms with E-state index < -0.39 is 0 Å². The number of rotatable bonds is 9. The van der Waals surface area contributed by atoms with Crippen LogP contribution in [0.5, 0.6) is 0 Å². The largest absolute Gasteiger partial charge is 0.382 e. The van der Waals surface area contributed by atoms with Crippen molar-refractivity contribution in [1.29, 1.82) is 0 Å². The van der Waals surface area contributed by atoms with Gasteiger partial charge in [0.25, 0.3) is 0 Å². The predicted molar refractivity (Wildman–Crippen MR) is 88.2 cm³/mol. The topological polar surface area (TPSA) is 62.9 Å². The molecule has 0 heterocycles. The van der Waals surface area contributed by atoms with Gasteiger partial charge in [-0.15, -0.1) is 0 Å². The minimum absolute atomic E-state index is 0.191. The lowest BCUT2D eigenvalue weighted by molar-refractivity contribution is 0.145. The molecule has 0 saturated heterocycles. The molecule has 5 nitrogen and oxygen atoms in total. The zero-order chi connectivity index (χ0) is 16.4. The maximum atomic E-state index is 13.7. The molecule has 6 heteroatoms. The van der Waals surface area contributed by atoms with Crippen molar-refractivity contribution < 1.29 is 9.13 Å². The summed E-state index contributed by atoms with van der Waals surface area (Å²) >= 11 is 0. The number of nitrogens with zero attached hydrogens (tertiary/aromatic N) is 2. The number of guanidine groups is 1. The van der Waals surface area contributed by atoms with Gasteiger partial charge in [-0.1, -0.05) is 6.07 Å². The van der Waals surface area contributed by atoms with E-state index in [0.717, 1.165) is 25.1 Å². The molecule has 0 fully saturated rings. The van der Waals surface area contributed by atoms with Crippen LogP contribution < -0.4 is 11.1 Å². The third-order valence-corrected chi connectivity index (χ3v) is 3.00. The lowest BCUT2D eigenvalue weighted by atomic mass is 10.1. The van der Waals surface area contributed by atoms with Gasteiger partial charge in [0.05, 0.1) is 6.54 Å². The van der Waals surface area contributed by atoms with E-state index in [1.54, 1.807) is 6.07 Å². The standard InChI is InChI=1S/C16H27FN4O/c1-4-22-9-5-8-19-16(18)20-11-13-6-7-15(17)14(10-13)12-21(2)3/h6-7,10H,4-5,8-9,11-12H2,1-3H3,(H3,18,19,20). The Morgan fingerprint density at radius 2 is 2.18 bits per heavy atom. The van der Waals surface area contributed by atoms with Crippen LogP contribution in [0.3, 0.4) is 0 Å². The van der Waals surface area contributed by atoms with Gasteiger partial charge in [-0.05, 0) is 45.1 Å². The molecule has 3 N–H and O–H groups in total. The zero-order valence-electron chi connectivity index (χ0n) is 13.7. The maximum absolute atomic E-state index is 13.7. The third-order valence-electron chi connectivity index (χ3n) is 3.00. The van der Waals surface area contributed by atoms with Gasteiger partial charge in [-0.3, -0.25) is 0 Å². The fourth-order valence-electron chi connectivity index (χ4n) is 1.96. The first-order chi connectivity index (χ1) is 10.5. The Morgan fingerprint density at radius 1 is 1.41 bits per heavy atom. The number of hydrogen-bond donors (Lipinski definition) is 2. The van der Waals surface area contributed by atoms with Crippen LogP contribution in [0.15, 0.2) is 23.2 Å².